The van der Waals surface area contributed by atoms with E-state index in [0.717, 1.165) is 12.8 Å². The van der Waals surface area contributed by atoms with Gasteiger partial charge in [0, 0.05) is 13.2 Å². The molecule has 1 heterocycles. The third-order valence-electron chi connectivity index (χ3n) is 2.91. The molecular formula is C11H17ClN4O. The summed E-state index contributed by atoms with van der Waals surface area (Å²) >= 11 is 5.97. The Morgan fingerprint density at radius 1 is 1.41 bits per heavy atom. The first-order valence-electron chi connectivity index (χ1n) is 5.78. The lowest BCUT2D eigenvalue weighted by molar-refractivity contribution is 0.178. The maximum Gasteiger partial charge on any atom is 0.158 e. The first-order chi connectivity index (χ1) is 8.20. The normalized spacial score (nSPS) is 16.4. The Labute approximate surface area is 106 Å². The molecule has 2 rings (SSSR count). The predicted octanol–water partition coefficient (Wildman–Crippen LogP) is 2.21. The monoisotopic (exact) mass is 256 g/mol. The molecule has 1 saturated carbocycles. The lowest BCUT2D eigenvalue weighted by atomic mass is 10.2. The quantitative estimate of drug-likeness (QED) is 0.808. The molecule has 0 bridgehead atoms. The zero-order valence-electron chi connectivity index (χ0n) is 9.87. The molecule has 17 heavy (non-hydrogen) atoms. The second-order valence-electron chi connectivity index (χ2n) is 4.25. The third-order valence-corrected chi connectivity index (χ3v) is 3.20. The minimum atomic E-state index is 0.285. The van der Waals surface area contributed by atoms with Gasteiger partial charge in [-0.1, -0.05) is 24.4 Å². The molecular weight excluding hydrogens is 240 g/mol. The van der Waals surface area contributed by atoms with Gasteiger partial charge in [-0.25, -0.2) is 9.97 Å². The zero-order chi connectivity index (χ0) is 12.3. The summed E-state index contributed by atoms with van der Waals surface area (Å²) in [6, 6.07) is 0.443. The van der Waals surface area contributed by atoms with Crippen molar-refractivity contribution in [1.29, 1.82) is 0 Å². The average molecular weight is 257 g/mol. The van der Waals surface area contributed by atoms with Crippen LogP contribution < -0.4 is 11.1 Å². The van der Waals surface area contributed by atoms with Gasteiger partial charge in [-0.05, 0) is 12.8 Å². The Balaban J connectivity index is 2.18. The van der Waals surface area contributed by atoms with Crippen LogP contribution in [0.1, 0.15) is 31.5 Å². The van der Waals surface area contributed by atoms with E-state index in [1.54, 1.807) is 7.11 Å². The van der Waals surface area contributed by atoms with Gasteiger partial charge in [0.2, 0.25) is 0 Å². The van der Waals surface area contributed by atoms with Crippen molar-refractivity contribution in [2.24, 2.45) is 0 Å². The fourth-order valence-electron chi connectivity index (χ4n) is 2.05. The van der Waals surface area contributed by atoms with Gasteiger partial charge in [0.1, 0.15) is 12.3 Å². The van der Waals surface area contributed by atoms with Crippen LogP contribution in [0.4, 0.5) is 11.5 Å². The smallest absolute Gasteiger partial charge is 0.158 e. The molecule has 1 aliphatic carbocycles. The van der Waals surface area contributed by atoms with Gasteiger partial charge in [0.15, 0.2) is 16.8 Å². The van der Waals surface area contributed by atoms with Gasteiger partial charge >= 0.3 is 0 Å². The van der Waals surface area contributed by atoms with Crippen LogP contribution >= 0.6 is 11.6 Å². The van der Waals surface area contributed by atoms with Crippen molar-refractivity contribution in [3.63, 3.8) is 0 Å². The van der Waals surface area contributed by atoms with E-state index in [-0.39, 0.29) is 5.15 Å². The van der Waals surface area contributed by atoms with E-state index >= 15 is 0 Å². The van der Waals surface area contributed by atoms with Crippen molar-refractivity contribution in [2.75, 3.05) is 18.2 Å². The van der Waals surface area contributed by atoms with E-state index in [2.05, 4.69) is 15.3 Å². The molecule has 0 aromatic carbocycles. The highest BCUT2D eigenvalue weighted by molar-refractivity contribution is 6.32. The summed E-state index contributed by atoms with van der Waals surface area (Å²) in [5.41, 5.74) is 6.28. The minimum Gasteiger partial charge on any atom is -0.393 e. The van der Waals surface area contributed by atoms with Crippen molar-refractivity contribution in [1.82, 2.24) is 9.97 Å². The van der Waals surface area contributed by atoms with Crippen LogP contribution in [0.25, 0.3) is 0 Å². The lowest BCUT2D eigenvalue weighted by Gasteiger charge is -2.15. The summed E-state index contributed by atoms with van der Waals surface area (Å²) in [5.74, 6) is 1.18. The van der Waals surface area contributed by atoms with E-state index in [0.29, 0.717) is 30.0 Å². The molecule has 0 aliphatic heterocycles. The summed E-state index contributed by atoms with van der Waals surface area (Å²) < 4.78 is 5.00. The van der Waals surface area contributed by atoms with Gasteiger partial charge in [-0.3, -0.25) is 0 Å². The number of rotatable bonds is 4. The van der Waals surface area contributed by atoms with Crippen molar-refractivity contribution in [2.45, 2.75) is 38.3 Å². The van der Waals surface area contributed by atoms with Crippen LogP contribution in [-0.4, -0.2) is 23.1 Å². The Morgan fingerprint density at radius 2 is 2.12 bits per heavy atom. The van der Waals surface area contributed by atoms with E-state index in [4.69, 9.17) is 22.1 Å². The molecule has 3 N–H and O–H groups in total. The number of halogens is 1. The topological polar surface area (TPSA) is 73.1 Å². The van der Waals surface area contributed by atoms with Crippen LogP contribution in [0, 0.1) is 0 Å². The SMILES string of the molecule is COCc1nc(Cl)c(N)c(NC2CCCC2)n1. The van der Waals surface area contributed by atoms with Gasteiger partial charge in [-0.15, -0.1) is 0 Å². The van der Waals surface area contributed by atoms with Crippen LogP contribution in [0.5, 0.6) is 0 Å². The molecule has 1 fully saturated rings. The molecule has 0 saturated heterocycles. The Hall–Kier alpha value is -1.07. The number of methoxy groups -OCH3 is 1. The van der Waals surface area contributed by atoms with E-state index in [1.165, 1.54) is 12.8 Å². The largest absolute Gasteiger partial charge is 0.393 e. The summed E-state index contributed by atoms with van der Waals surface area (Å²) in [7, 11) is 1.59. The third kappa shape index (κ3) is 2.98. The highest BCUT2D eigenvalue weighted by Crippen LogP contribution is 2.28. The van der Waals surface area contributed by atoms with E-state index < -0.39 is 0 Å². The second-order valence-corrected chi connectivity index (χ2v) is 4.61. The number of hydrogen-bond acceptors (Lipinski definition) is 5. The number of nitrogens with two attached hydrogens (primary N) is 1. The first-order valence-corrected chi connectivity index (χ1v) is 6.16. The van der Waals surface area contributed by atoms with E-state index in [9.17, 15) is 0 Å². The van der Waals surface area contributed by atoms with Gasteiger partial charge in [-0.2, -0.15) is 0 Å². The van der Waals surface area contributed by atoms with Gasteiger partial charge < -0.3 is 15.8 Å². The predicted molar refractivity (Wildman–Crippen MR) is 68.0 cm³/mol. The highest BCUT2D eigenvalue weighted by atomic mass is 35.5. The van der Waals surface area contributed by atoms with Crippen LogP contribution in [0.2, 0.25) is 5.15 Å². The first kappa shape index (κ1) is 12.4. The molecule has 5 nitrogen and oxygen atoms in total. The molecule has 94 valence electrons. The van der Waals surface area contributed by atoms with Gasteiger partial charge in [0.25, 0.3) is 0 Å². The molecule has 0 amide bonds. The molecule has 0 spiro atoms. The molecule has 1 aromatic heterocycles. The number of nitrogens with one attached hydrogen (secondary N) is 1. The number of ether oxygens (including phenoxy) is 1. The molecule has 0 unspecified atom stereocenters. The lowest BCUT2D eigenvalue weighted by Crippen LogP contribution is -2.18. The maximum atomic E-state index is 5.97. The van der Waals surface area contributed by atoms with Crippen molar-refractivity contribution < 1.29 is 4.74 Å². The van der Waals surface area contributed by atoms with Crippen molar-refractivity contribution in [3.05, 3.63) is 11.0 Å². The highest BCUT2D eigenvalue weighted by Gasteiger charge is 2.18. The zero-order valence-corrected chi connectivity index (χ0v) is 10.6. The number of anilines is 2. The summed E-state index contributed by atoms with van der Waals surface area (Å²) in [6.07, 6.45) is 4.81. The summed E-state index contributed by atoms with van der Waals surface area (Å²) in [4.78, 5) is 8.39. The van der Waals surface area contributed by atoms with Crippen molar-refractivity contribution in [3.8, 4) is 0 Å². The molecule has 0 atom stereocenters. The molecule has 6 heteroatoms. The Kier molecular flexibility index (Phi) is 4.02. The molecule has 1 aromatic rings. The standard InChI is InChI=1S/C11H17ClN4O/c1-17-6-8-15-10(12)9(13)11(16-8)14-7-4-2-3-5-7/h7H,2-6,13H2,1H3,(H,14,15,16). The second kappa shape index (κ2) is 5.51. The summed E-state index contributed by atoms with van der Waals surface area (Å²) in [5, 5.41) is 3.62. The maximum absolute atomic E-state index is 5.97. The fourth-order valence-corrected chi connectivity index (χ4v) is 2.24. The summed E-state index contributed by atoms with van der Waals surface area (Å²) in [6.45, 7) is 0.333. The van der Waals surface area contributed by atoms with Crippen molar-refractivity contribution >= 4 is 23.1 Å². The minimum absolute atomic E-state index is 0.285. The molecule has 0 radical (unpaired) electrons. The number of aromatic nitrogens is 2. The Bertz CT molecular complexity index is 393. The molecule has 1 aliphatic rings. The van der Waals surface area contributed by atoms with Gasteiger partial charge in [0.05, 0.1) is 0 Å². The van der Waals surface area contributed by atoms with Crippen LogP contribution in [0.3, 0.4) is 0 Å². The number of nitrogen functional groups attached to an aromatic ring is 1. The average Bonchev–Trinajstić information content (AvgIpc) is 2.78. The van der Waals surface area contributed by atoms with E-state index in [1.807, 2.05) is 0 Å². The van der Waals surface area contributed by atoms with Crippen LogP contribution in [-0.2, 0) is 11.3 Å². The number of hydrogen-bond donors (Lipinski definition) is 2. The Morgan fingerprint density at radius 3 is 2.76 bits per heavy atom. The fraction of sp³-hybridized carbons (Fsp3) is 0.636. The number of nitrogens with zero attached hydrogens (tertiary/aromatic N) is 2. The van der Waals surface area contributed by atoms with Crippen LogP contribution in [0.15, 0.2) is 0 Å².